The molecule has 2 aromatic heterocycles. The highest BCUT2D eigenvalue weighted by Crippen LogP contribution is 2.22. The minimum absolute atomic E-state index is 0.173. The minimum atomic E-state index is -0.334. The molecule has 4 aromatic rings. The molecule has 0 fully saturated rings. The van der Waals surface area contributed by atoms with Crippen LogP contribution in [0.15, 0.2) is 54.9 Å². The fourth-order valence-corrected chi connectivity index (χ4v) is 2.31. The summed E-state index contributed by atoms with van der Waals surface area (Å²) >= 11 is 0. The summed E-state index contributed by atoms with van der Waals surface area (Å²) in [6, 6.07) is 15.3. The minimum Gasteiger partial charge on any atom is -0.338 e. The van der Waals surface area contributed by atoms with Gasteiger partial charge < -0.3 is 10.3 Å². The largest absolute Gasteiger partial charge is 0.338 e. The van der Waals surface area contributed by atoms with Gasteiger partial charge in [0.15, 0.2) is 0 Å². The van der Waals surface area contributed by atoms with Gasteiger partial charge in [0.05, 0.1) is 11.0 Å². The lowest BCUT2D eigenvalue weighted by Gasteiger charge is -2.03. The first kappa shape index (κ1) is 13.2. The molecule has 2 heterocycles. The highest BCUT2D eigenvalue weighted by atomic mass is 16.2. The van der Waals surface area contributed by atoms with Crippen molar-refractivity contribution in [1.82, 2.24) is 25.1 Å². The van der Waals surface area contributed by atoms with Gasteiger partial charge in [-0.1, -0.05) is 12.1 Å². The Balaban J connectivity index is 1.57. The summed E-state index contributed by atoms with van der Waals surface area (Å²) in [5.74, 6) is 0.629. The van der Waals surface area contributed by atoms with Gasteiger partial charge in [0.1, 0.15) is 12.2 Å². The zero-order chi connectivity index (χ0) is 15.6. The molecule has 7 nitrogen and oxygen atoms in total. The van der Waals surface area contributed by atoms with E-state index in [1.54, 1.807) is 0 Å². The first-order valence-electron chi connectivity index (χ1n) is 7.01. The van der Waals surface area contributed by atoms with Gasteiger partial charge in [-0.25, -0.2) is 9.97 Å². The molecule has 7 heteroatoms. The van der Waals surface area contributed by atoms with Crippen molar-refractivity contribution in [2.75, 3.05) is 5.32 Å². The van der Waals surface area contributed by atoms with Crippen molar-refractivity contribution in [2.24, 2.45) is 0 Å². The lowest BCUT2D eigenvalue weighted by atomic mass is 10.2. The van der Waals surface area contributed by atoms with Crippen LogP contribution >= 0.6 is 0 Å². The second-order valence-electron chi connectivity index (χ2n) is 4.97. The van der Waals surface area contributed by atoms with E-state index in [1.807, 2.05) is 48.5 Å². The number of anilines is 1. The van der Waals surface area contributed by atoms with Crippen LogP contribution < -0.4 is 5.32 Å². The highest BCUT2D eigenvalue weighted by Gasteiger charge is 2.09. The third-order valence-electron chi connectivity index (χ3n) is 3.44. The number of imidazole rings is 1. The molecule has 0 saturated carbocycles. The van der Waals surface area contributed by atoms with Crippen molar-refractivity contribution in [1.29, 1.82) is 0 Å². The number of aromatic nitrogens is 5. The van der Waals surface area contributed by atoms with Crippen LogP contribution in [0.1, 0.15) is 10.6 Å². The van der Waals surface area contributed by atoms with Crippen molar-refractivity contribution >= 4 is 22.6 Å². The highest BCUT2D eigenvalue weighted by molar-refractivity contribution is 6.01. The number of benzene rings is 2. The fraction of sp³-hybridized carbons (Fsp3) is 0. The van der Waals surface area contributed by atoms with Crippen molar-refractivity contribution in [3.05, 3.63) is 60.7 Å². The van der Waals surface area contributed by atoms with E-state index in [0.29, 0.717) is 5.69 Å². The molecular formula is C16H12N6O. The maximum atomic E-state index is 11.9. The van der Waals surface area contributed by atoms with Gasteiger partial charge in [0.25, 0.3) is 5.91 Å². The molecule has 0 aliphatic heterocycles. The van der Waals surface area contributed by atoms with E-state index in [4.69, 9.17) is 0 Å². The Morgan fingerprint density at radius 3 is 2.61 bits per heavy atom. The van der Waals surface area contributed by atoms with Gasteiger partial charge in [-0.2, -0.15) is 5.10 Å². The molecule has 0 aliphatic carbocycles. The summed E-state index contributed by atoms with van der Waals surface area (Å²) in [6.45, 7) is 0. The number of para-hydroxylation sites is 2. The van der Waals surface area contributed by atoms with E-state index < -0.39 is 0 Å². The van der Waals surface area contributed by atoms with Crippen LogP contribution in [0.25, 0.3) is 22.4 Å². The van der Waals surface area contributed by atoms with Gasteiger partial charge in [0.2, 0.25) is 5.82 Å². The quantitative estimate of drug-likeness (QED) is 0.541. The number of fused-ring (bicyclic) bond motifs is 1. The Kier molecular flexibility index (Phi) is 3.09. The third kappa shape index (κ3) is 2.55. The van der Waals surface area contributed by atoms with Gasteiger partial charge in [-0.15, -0.1) is 0 Å². The smallest absolute Gasteiger partial charge is 0.292 e. The molecular weight excluding hydrogens is 292 g/mol. The molecule has 23 heavy (non-hydrogen) atoms. The zero-order valence-corrected chi connectivity index (χ0v) is 11.9. The normalized spacial score (nSPS) is 10.8. The van der Waals surface area contributed by atoms with E-state index in [1.165, 1.54) is 6.33 Å². The average Bonchev–Trinajstić information content (AvgIpc) is 3.25. The number of amides is 1. The first-order chi connectivity index (χ1) is 11.3. The van der Waals surface area contributed by atoms with E-state index in [2.05, 4.69) is 30.5 Å². The zero-order valence-electron chi connectivity index (χ0n) is 11.9. The summed E-state index contributed by atoms with van der Waals surface area (Å²) in [5, 5.41) is 8.92. The van der Waals surface area contributed by atoms with Crippen molar-refractivity contribution < 1.29 is 4.79 Å². The topological polar surface area (TPSA) is 99.3 Å². The summed E-state index contributed by atoms with van der Waals surface area (Å²) in [7, 11) is 0. The molecule has 0 unspecified atom stereocenters. The van der Waals surface area contributed by atoms with Crippen molar-refractivity contribution in [2.45, 2.75) is 0 Å². The van der Waals surface area contributed by atoms with Crippen LogP contribution in [0.3, 0.4) is 0 Å². The molecule has 4 rings (SSSR count). The van der Waals surface area contributed by atoms with Crippen LogP contribution in [0.5, 0.6) is 0 Å². The summed E-state index contributed by atoms with van der Waals surface area (Å²) < 4.78 is 0. The molecule has 0 saturated heterocycles. The second-order valence-corrected chi connectivity index (χ2v) is 4.97. The maximum Gasteiger partial charge on any atom is 0.292 e. The summed E-state index contributed by atoms with van der Waals surface area (Å²) in [5.41, 5.74) is 3.53. The molecule has 0 bridgehead atoms. The van der Waals surface area contributed by atoms with Crippen LogP contribution in [-0.4, -0.2) is 31.1 Å². The molecule has 2 aromatic carbocycles. The fourth-order valence-electron chi connectivity index (χ4n) is 2.31. The van der Waals surface area contributed by atoms with Gasteiger partial charge in [-0.3, -0.25) is 9.89 Å². The lowest BCUT2D eigenvalue weighted by Crippen LogP contribution is -2.13. The van der Waals surface area contributed by atoms with Crippen LogP contribution in [0, 0.1) is 0 Å². The number of aromatic amines is 2. The van der Waals surface area contributed by atoms with Crippen LogP contribution in [-0.2, 0) is 0 Å². The SMILES string of the molecule is O=C(Nc1ccc(-c2nc3ccccc3[nH]2)cc1)c1ncn[nH]1. The summed E-state index contributed by atoms with van der Waals surface area (Å²) in [4.78, 5) is 23.5. The molecule has 112 valence electrons. The number of H-pyrrole nitrogens is 2. The molecule has 1 amide bonds. The number of carbonyl (C=O) groups is 1. The van der Waals surface area contributed by atoms with E-state index in [0.717, 1.165) is 22.4 Å². The predicted molar refractivity (Wildman–Crippen MR) is 85.9 cm³/mol. The van der Waals surface area contributed by atoms with E-state index >= 15 is 0 Å². The molecule has 0 spiro atoms. The third-order valence-corrected chi connectivity index (χ3v) is 3.44. The maximum absolute atomic E-state index is 11.9. The van der Waals surface area contributed by atoms with Crippen LogP contribution in [0.4, 0.5) is 5.69 Å². The number of nitrogens with one attached hydrogen (secondary N) is 3. The Bertz CT molecular complexity index is 923. The van der Waals surface area contributed by atoms with E-state index in [9.17, 15) is 4.79 Å². The summed E-state index contributed by atoms with van der Waals surface area (Å²) in [6.07, 6.45) is 1.29. The van der Waals surface area contributed by atoms with Gasteiger partial charge in [-0.05, 0) is 36.4 Å². The van der Waals surface area contributed by atoms with E-state index in [-0.39, 0.29) is 11.7 Å². The van der Waals surface area contributed by atoms with Gasteiger partial charge in [0, 0.05) is 11.3 Å². The van der Waals surface area contributed by atoms with Gasteiger partial charge >= 0.3 is 0 Å². The number of carbonyl (C=O) groups excluding carboxylic acids is 1. The van der Waals surface area contributed by atoms with Crippen LogP contribution in [0.2, 0.25) is 0 Å². The average molecular weight is 304 g/mol. The van der Waals surface area contributed by atoms with Crippen molar-refractivity contribution in [3.63, 3.8) is 0 Å². The monoisotopic (exact) mass is 304 g/mol. The Labute approximate surface area is 130 Å². The molecule has 0 atom stereocenters. The number of rotatable bonds is 3. The Morgan fingerprint density at radius 1 is 1.04 bits per heavy atom. The predicted octanol–water partition coefficient (Wildman–Crippen LogP) is 2.60. The number of nitrogens with zero attached hydrogens (tertiary/aromatic N) is 3. The number of hydrogen-bond donors (Lipinski definition) is 3. The molecule has 0 aliphatic rings. The number of hydrogen-bond acceptors (Lipinski definition) is 4. The first-order valence-corrected chi connectivity index (χ1v) is 7.01. The standard InChI is InChI=1S/C16H12N6O/c23-16(15-17-9-18-22-15)19-11-7-5-10(6-8-11)14-20-12-3-1-2-4-13(12)21-14/h1-9H,(H,19,23)(H,20,21)(H,17,18,22). The van der Waals surface area contributed by atoms with Crippen molar-refractivity contribution in [3.8, 4) is 11.4 Å². The Hall–Kier alpha value is -3.48. The lowest BCUT2D eigenvalue weighted by molar-refractivity contribution is 0.101. The molecule has 0 radical (unpaired) electrons. The Morgan fingerprint density at radius 2 is 1.87 bits per heavy atom. The second kappa shape index (κ2) is 5.38. The molecule has 3 N–H and O–H groups in total.